The highest BCUT2D eigenvalue weighted by atomic mass is 16.5. The summed E-state index contributed by atoms with van der Waals surface area (Å²) in [5.41, 5.74) is 5.00. The summed E-state index contributed by atoms with van der Waals surface area (Å²) in [4.78, 5) is 19.7. The molecule has 0 amide bonds. The number of carboxylic acids is 1. The van der Waals surface area contributed by atoms with Crippen molar-refractivity contribution in [3.05, 3.63) is 64.8 Å². The van der Waals surface area contributed by atoms with E-state index < -0.39 is 5.97 Å². The van der Waals surface area contributed by atoms with Gasteiger partial charge in [-0.15, -0.1) is 0 Å². The summed E-state index contributed by atoms with van der Waals surface area (Å²) in [5, 5.41) is 10.5. The van der Waals surface area contributed by atoms with Crippen molar-refractivity contribution in [1.29, 1.82) is 0 Å². The molecule has 6 nitrogen and oxygen atoms in total. The molecule has 1 fully saturated rings. The van der Waals surface area contributed by atoms with Crippen molar-refractivity contribution in [3.8, 4) is 5.75 Å². The van der Waals surface area contributed by atoms with Crippen molar-refractivity contribution in [3.63, 3.8) is 0 Å². The van der Waals surface area contributed by atoms with Gasteiger partial charge in [-0.3, -0.25) is 9.80 Å². The van der Waals surface area contributed by atoms with E-state index in [1.165, 1.54) is 16.5 Å². The molecule has 1 aliphatic rings. The number of piperazine rings is 1. The van der Waals surface area contributed by atoms with Crippen molar-refractivity contribution in [2.45, 2.75) is 33.4 Å². The summed E-state index contributed by atoms with van der Waals surface area (Å²) in [7, 11) is 1.74. The minimum atomic E-state index is -0.891. The SMILES string of the molecule is COc1cc(C)c2[nH]ccc2c1CN1CCN(CC(C)C)CC1c1ccc(C(=O)O)cc1. The summed E-state index contributed by atoms with van der Waals surface area (Å²) in [6, 6.07) is 11.8. The van der Waals surface area contributed by atoms with Crippen LogP contribution in [0.15, 0.2) is 42.6 Å². The summed E-state index contributed by atoms with van der Waals surface area (Å²) in [6.07, 6.45) is 1.99. The maximum atomic E-state index is 11.3. The lowest BCUT2D eigenvalue weighted by molar-refractivity contribution is 0.0611. The average Bonchev–Trinajstić information content (AvgIpc) is 3.27. The number of aromatic carboxylic acids is 1. The fraction of sp³-hybridized carbons (Fsp3) is 0.423. The van der Waals surface area contributed by atoms with Crippen LogP contribution in [0.2, 0.25) is 0 Å². The van der Waals surface area contributed by atoms with Gasteiger partial charge in [0.15, 0.2) is 0 Å². The molecule has 6 heteroatoms. The summed E-state index contributed by atoms with van der Waals surface area (Å²) < 4.78 is 5.79. The van der Waals surface area contributed by atoms with Crippen LogP contribution in [0.25, 0.3) is 10.9 Å². The molecule has 1 aliphatic heterocycles. The van der Waals surface area contributed by atoms with Crippen LogP contribution in [-0.4, -0.2) is 59.1 Å². The molecule has 32 heavy (non-hydrogen) atoms. The maximum absolute atomic E-state index is 11.3. The van der Waals surface area contributed by atoms with Crippen molar-refractivity contribution in [1.82, 2.24) is 14.8 Å². The molecule has 1 aromatic heterocycles. The summed E-state index contributed by atoms with van der Waals surface area (Å²) in [5.74, 6) is 0.630. The Hall–Kier alpha value is -2.83. The Kier molecular flexibility index (Phi) is 6.53. The largest absolute Gasteiger partial charge is 0.496 e. The highest BCUT2D eigenvalue weighted by Gasteiger charge is 2.30. The van der Waals surface area contributed by atoms with Crippen molar-refractivity contribution in [2.75, 3.05) is 33.3 Å². The first kappa shape index (κ1) is 22.4. The van der Waals surface area contributed by atoms with Crippen LogP contribution in [0.3, 0.4) is 0 Å². The molecule has 0 aliphatic carbocycles. The van der Waals surface area contributed by atoms with Gasteiger partial charge < -0.3 is 14.8 Å². The fourth-order valence-electron chi connectivity index (χ4n) is 4.90. The molecule has 2 N–H and O–H groups in total. The second-order valence-electron chi connectivity index (χ2n) is 9.21. The first-order valence-corrected chi connectivity index (χ1v) is 11.3. The standard InChI is InChI=1S/C26H33N3O3/c1-17(2)14-28-11-12-29(23(16-28)19-5-7-20(8-6-19)26(30)31)15-22-21-9-10-27-25(21)18(3)13-24(22)32-4/h5-10,13,17,23,27H,11-12,14-16H2,1-4H3,(H,30,31). The van der Waals surface area contributed by atoms with Gasteiger partial charge in [0.25, 0.3) is 0 Å². The number of aromatic amines is 1. The molecule has 1 saturated heterocycles. The number of benzene rings is 2. The molecule has 170 valence electrons. The molecule has 2 heterocycles. The van der Waals surface area contributed by atoms with Gasteiger partial charge in [-0.05, 0) is 48.2 Å². The minimum Gasteiger partial charge on any atom is -0.496 e. The molecule has 0 spiro atoms. The molecule has 0 radical (unpaired) electrons. The number of hydrogen-bond donors (Lipinski definition) is 2. The molecule has 4 rings (SSSR count). The lowest BCUT2D eigenvalue weighted by Crippen LogP contribution is -2.48. The van der Waals surface area contributed by atoms with Crippen LogP contribution in [0, 0.1) is 12.8 Å². The molecule has 0 bridgehead atoms. The van der Waals surface area contributed by atoms with Gasteiger partial charge >= 0.3 is 5.97 Å². The number of carbonyl (C=O) groups is 1. The van der Waals surface area contributed by atoms with Gasteiger partial charge in [-0.2, -0.15) is 0 Å². The molecule has 1 unspecified atom stereocenters. The Bertz CT molecular complexity index is 1090. The van der Waals surface area contributed by atoms with Gasteiger partial charge in [0.05, 0.1) is 12.7 Å². The van der Waals surface area contributed by atoms with E-state index in [4.69, 9.17) is 4.74 Å². The van der Waals surface area contributed by atoms with E-state index in [2.05, 4.69) is 47.7 Å². The second kappa shape index (κ2) is 9.35. The zero-order chi connectivity index (χ0) is 22.8. The van der Waals surface area contributed by atoms with Crippen molar-refractivity contribution < 1.29 is 14.6 Å². The second-order valence-corrected chi connectivity index (χ2v) is 9.21. The number of carboxylic acid groups (broad SMARTS) is 1. The lowest BCUT2D eigenvalue weighted by atomic mass is 9.98. The third-order valence-electron chi connectivity index (χ3n) is 6.43. The van der Waals surface area contributed by atoms with Crippen LogP contribution in [0.5, 0.6) is 5.75 Å². The predicted octanol–water partition coefficient (Wildman–Crippen LogP) is 4.70. The van der Waals surface area contributed by atoms with Gasteiger partial charge in [0, 0.05) is 61.4 Å². The summed E-state index contributed by atoms with van der Waals surface area (Å²) >= 11 is 0. The number of rotatable bonds is 7. The normalized spacial score (nSPS) is 17.8. The first-order chi connectivity index (χ1) is 15.4. The Morgan fingerprint density at radius 2 is 1.97 bits per heavy atom. The number of H-pyrrole nitrogens is 1. The van der Waals surface area contributed by atoms with Crippen LogP contribution in [0.1, 0.15) is 46.9 Å². The van der Waals surface area contributed by atoms with Crippen LogP contribution in [-0.2, 0) is 6.54 Å². The third kappa shape index (κ3) is 4.52. The van der Waals surface area contributed by atoms with E-state index in [1.807, 2.05) is 18.3 Å². The van der Waals surface area contributed by atoms with Crippen molar-refractivity contribution >= 4 is 16.9 Å². The van der Waals surface area contributed by atoms with Crippen molar-refractivity contribution in [2.24, 2.45) is 5.92 Å². The average molecular weight is 436 g/mol. The molecule has 1 atom stereocenters. The number of methoxy groups -OCH3 is 1. The number of fused-ring (bicyclic) bond motifs is 1. The van der Waals surface area contributed by atoms with E-state index in [0.717, 1.165) is 49.6 Å². The van der Waals surface area contributed by atoms with Gasteiger partial charge in [-0.25, -0.2) is 4.79 Å². The lowest BCUT2D eigenvalue weighted by Gasteiger charge is -2.42. The Morgan fingerprint density at radius 3 is 2.62 bits per heavy atom. The van der Waals surface area contributed by atoms with Crippen LogP contribution >= 0.6 is 0 Å². The quantitative estimate of drug-likeness (QED) is 0.563. The Labute approximate surface area is 189 Å². The molecular formula is C26H33N3O3. The molecule has 3 aromatic rings. The predicted molar refractivity (Wildman–Crippen MR) is 127 cm³/mol. The third-order valence-corrected chi connectivity index (χ3v) is 6.43. The summed E-state index contributed by atoms with van der Waals surface area (Å²) in [6.45, 7) is 11.3. The topological polar surface area (TPSA) is 68.8 Å². The smallest absolute Gasteiger partial charge is 0.335 e. The number of hydrogen-bond acceptors (Lipinski definition) is 4. The Morgan fingerprint density at radius 1 is 1.22 bits per heavy atom. The number of nitrogens with zero attached hydrogens (tertiary/aromatic N) is 2. The highest BCUT2D eigenvalue weighted by Crippen LogP contribution is 2.35. The van der Waals surface area contributed by atoms with E-state index >= 15 is 0 Å². The minimum absolute atomic E-state index is 0.186. The zero-order valence-electron chi connectivity index (χ0n) is 19.4. The molecule has 2 aromatic carbocycles. The van der Waals surface area contributed by atoms with E-state index in [-0.39, 0.29) is 6.04 Å². The number of aromatic nitrogens is 1. The highest BCUT2D eigenvalue weighted by molar-refractivity contribution is 5.88. The van der Waals surface area contributed by atoms with Gasteiger partial charge in [0.1, 0.15) is 5.75 Å². The fourth-order valence-corrected chi connectivity index (χ4v) is 4.90. The van der Waals surface area contributed by atoms with Gasteiger partial charge in [0.2, 0.25) is 0 Å². The zero-order valence-corrected chi connectivity index (χ0v) is 19.4. The number of aryl methyl sites for hydroxylation is 1. The maximum Gasteiger partial charge on any atom is 0.335 e. The van der Waals surface area contributed by atoms with E-state index in [1.54, 1.807) is 19.2 Å². The van der Waals surface area contributed by atoms with E-state index in [9.17, 15) is 9.90 Å². The van der Waals surface area contributed by atoms with Crippen LogP contribution in [0.4, 0.5) is 0 Å². The molecule has 0 saturated carbocycles. The monoisotopic (exact) mass is 435 g/mol. The van der Waals surface area contributed by atoms with Crippen LogP contribution < -0.4 is 4.74 Å². The van der Waals surface area contributed by atoms with E-state index in [0.29, 0.717) is 11.5 Å². The number of nitrogens with one attached hydrogen (secondary N) is 1. The first-order valence-electron chi connectivity index (χ1n) is 11.3. The number of ether oxygens (including phenoxy) is 1. The molecular weight excluding hydrogens is 402 g/mol. The van der Waals surface area contributed by atoms with Gasteiger partial charge in [-0.1, -0.05) is 26.0 Å². The Balaban J connectivity index is 1.68.